The lowest BCUT2D eigenvalue weighted by atomic mass is 10.0. The number of aromatic nitrogens is 1. The summed E-state index contributed by atoms with van der Waals surface area (Å²) in [4.78, 5) is 18.8. The highest BCUT2D eigenvalue weighted by Gasteiger charge is 2.21. The number of hydrogen-bond acceptors (Lipinski definition) is 5. The van der Waals surface area contributed by atoms with Crippen LogP contribution in [0.25, 0.3) is 10.9 Å². The number of ether oxygens (including phenoxy) is 2. The molecule has 28 heavy (non-hydrogen) atoms. The normalized spacial score (nSPS) is 15.6. The molecule has 0 radical (unpaired) electrons. The molecule has 1 fully saturated rings. The van der Waals surface area contributed by atoms with E-state index in [1.165, 1.54) is 5.56 Å². The topological polar surface area (TPSA) is 75.7 Å². The molecular weight excluding hydrogens is 356 g/mol. The summed E-state index contributed by atoms with van der Waals surface area (Å²) < 4.78 is 10.8. The number of carbonyl (C=O) groups excluding carboxylic acids is 1. The Balaban J connectivity index is 1.65. The lowest BCUT2D eigenvalue weighted by molar-refractivity contribution is 0.186. The third kappa shape index (κ3) is 4.84. The minimum absolute atomic E-state index is 0.0744. The van der Waals surface area contributed by atoms with Crippen molar-refractivity contribution in [3.05, 3.63) is 30.0 Å². The van der Waals surface area contributed by atoms with Gasteiger partial charge in [-0.1, -0.05) is 0 Å². The molecule has 7 heteroatoms. The van der Waals surface area contributed by atoms with Crippen LogP contribution in [-0.4, -0.2) is 55.3 Å². The molecule has 0 atom stereocenters. The van der Waals surface area contributed by atoms with Gasteiger partial charge in [0.2, 0.25) is 0 Å². The summed E-state index contributed by atoms with van der Waals surface area (Å²) in [7, 11) is 3.28. The van der Waals surface area contributed by atoms with Crippen LogP contribution in [0, 0.1) is 0 Å². The SMILES string of the molecule is COc1cc2nccc(CN3CCC(NC(=O)NC(C)C)CC3)c2cc1OC. The van der Waals surface area contributed by atoms with E-state index >= 15 is 0 Å². The third-order valence-electron chi connectivity index (χ3n) is 5.07. The standard InChI is InChI=1S/C21H30N4O3/c1-14(2)23-21(26)24-16-6-9-25(10-7-16)13-15-5-8-22-18-12-20(28-4)19(27-3)11-17(15)18/h5,8,11-12,14,16H,6-7,9-10,13H2,1-4H3,(H2,23,24,26). The van der Waals surface area contributed by atoms with Crippen LogP contribution in [0.5, 0.6) is 11.5 Å². The molecule has 0 aliphatic carbocycles. The molecule has 0 spiro atoms. The van der Waals surface area contributed by atoms with Crippen molar-refractivity contribution in [3.63, 3.8) is 0 Å². The second kappa shape index (κ2) is 9.10. The number of nitrogens with zero attached hydrogens (tertiary/aromatic N) is 2. The summed E-state index contributed by atoms with van der Waals surface area (Å²) in [5, 5.41) is 7.04. The quantitative estimate of drug-likeness (QED) is 0.798. The predicted molar refractivity (Wildman–Crippen MR) is 110 cm³/mol. The van der Waals surface area contributed by atoms with E-state index in [0.29, 0.717) is 11.5 Å². The molecule has 0 bridgehead atoms. The summed E-state index contributed by atoms with van der Waals surface area (Å²) in [5.41, 5.74) is 2.12. The van der Waals surface area contributed by atoms with E-state index in [2.05, 4.69) is 26.6 Å². The largest absolute Gasteiger partial charge is 0.493 e. The number of pyridine rings is 1. The summed E-state index contributed by atoms with van der Waals surface area (Å²) in [6.07, 6.45) is 3.74. The average molecular weight is 386 g/mol. The first kappa shape index (κ1) is 20.2. The molecule has 152 valence electrons. The summed E-state index contributed by atoms with van der Waals surface area (Å²) >= 11 is 0. The van der Waals surface area contributed by atoms with Crippen LogP contribution in [0.15, 0.2) is 24.4 Å². The van der Waals surface area contributed by atoms with Gasteiger partial charge in [0.25, 0.3) is 0 Å². The zero-order valence-corrected chi connectivity index (χ0v) is 17.1. The van der Waals surface area contributed by atoms with Gasteiger partial charge in [0.05, 0.1) is 19.7 Å². The Morgan fingerprint density at radius 3 is 2.54 bits per heavy atom. The van der Waals surface area contributed by atoms with Crippen LogP contribution >= 0.6 is 0 Å². The summed E-state index contributed by atoms with van der Waals surface area (Å²) in [6.45, 7) is 6.67. The fraction of sp³-hybridized carbons (Fsp3) is 0.524. The van der Waals surface area contributed by atoms with E-state index in [1.807, 2.05) is 32.2 Å². The van der Waals surface area contributed by atoms with Crippen LogP contribution in [-0.2, 0) is 6.54 Å². The third-order valence-corrected chi connectivity index (χ3v) is 5.07. The van der Waals surface area contributed by atoms with Gasteiger partial charge in [-0.15, -0.1) is 0 Å². The maximum atomic E-state index is 11.9. The number of carbonyl (C=O) groups is 1. The second-order valence-electron chi connectivity index (χ2n) is 7.52. The molecule has 0 unspecified atom stereocenters. The number of nitrogens with one attached hydrogen (secondary N) is 2. The van der Waals surface area contributed by atoms with E-state index in [4.69, 9.17) is 9.47 Å². The number of piperidine rings is 1. The Hall–Kier alpha value is -2.54. The van der Waals surface area contributed by atoms with Gasteiger partial charge in [0.1, 0.15) is 0 Å². The van der Waals surface area contributed by atoms with Crippen LogP contribution in [0.3, 0.4) is 0 Å². The Kier molecular flexibility index (Phi) is 6.57. The highest BCUT2D eigenvalue weighted by atomic mass is 16.5. The Bertz CT molecular complexity index is 817. The average Bonchev–Trinajstić information content (AvgIpc) is 2.68. The van der Waals surface area contributed by atoms with E-state index < -0.39 is 0 Å². The van der Waals surface area contributed by atoms with Crippen molar-refractivity contribution in [1.82, 2.24) is 20.5 Å². The van der Waals surface area contributed by atoms with Crippen LogP contribution in [0.1, 0.15) is 32.3 Å². The molecular formula is C21H30N4O3. The number of urea groups is 1. The minimum atomic E-state index is -0.0744. The number of likely N-dealkylation sites (tertiary alicyclic amines) is 1. The molecule has 2 N–H and O–H groups in total. The Labute approximate surface area is 166 Å². The number of rotatable bonds is 6. The molecule has 3 rings (SSSR count). The highest BCUT2D eigenvalue weighted by molar-refractivity contribution is 5.85. The number of fused-ring (bicyclic) bond motifs is 1. The first-order valence-electron chi connectivity index (χ1n) is 9.79. The Morgan fingerprint density at radius 1 is 1.21 bits per heavy atom. The van der Waals surface area contributed by atoms with Crippen molar-refractivity contribution < 1.29 is 14.3 Å². The van der Waals surface area contributed by atoms with Gasteiger partial charge >= 0.3 is 6.03 Å². The lowest BCUT2D eigenvalue weighted by Gasteiger charge is -2.32. The maximum absolute atomic E-state index is 11.9. The van der Waals surface area contributed by atoms with Gasteiger partial charge in [-0.3, -0.25) is 9.88 Å². The van der Waals surface area contributed by atoms with E-state index in [9.17, 15) is 4.79 Å². The van der Waals surface area contributed by atoms with Gasteiger partial charge in [-0.2, -0.15) is 0 Å². The van der Waals surface area contributed by atoms with Crippen LogP contribution < -0.4 is 20.1 Å². The predicted octanol–water partition coefficient (Wildman–Crippen LogP) is 2.92. The number of amides is 2. The molecule has 1 aliphatic heterocycles. The van der Waals surface area contributed by atoms with E-state index in [0.717, 1.165) is 43.4 Å². The van der Waals surface area contributed by atoms with Crippen molar-refractivity contribution in [2.24, 2.45) is 0 Å². The van der Waals surface area contributed by atoms with Crippen molar-refractivity contribution >= 4 is 16.9 Å². The summed E-state index contributed by atoms with van der Waals surface area (Å²) in [6, 6.07) is 6.29. The first-order valence-corrected chi connectivity index (χ1v) is 9.79. The van der Waals surface area contributed by atoms with E-state index in [-0.39, 0.29) is 18.1 Å². The maximum Gasteiger partial charge on any atom is 0.315 e. The lowest BCUT2D eigenvalue weighted by Crippen LogP contribution is -2.49. The van der Waals surface area contributed by atoms with Gasteiger partial charge in [-0.05, 0) is 44.4 Å². The van der Waals surface area contributed by atoms with Crippen molar-refractivity contribution in [3.8, 4) is 11.5 Å². The smallest absolute Gasteiger partial charge is 0.315 e. The monoisotopic (exact) mass is 386 g/mol. The zero-order valence-electron chi connectivity index (χ0n) is 17.1. The zero-order chi connectivity index (χ0) is 20.1. The number of benzene rings is 1. The summed E-state index contributed by atoms with van der Waals surface area (Å²) in [5.74, 6) is 1.40. The van der Waals surface area contributed by atoms with Gasteiger partial charge < -0.3 is 20.1 Å². The van der Waals surface area contributed by atoms with Gasteiger partial charge in [0.15, 0.2) is 11.5 Å². The molecule has 2 heterocycles. The van der Waals surface area contributed by atoms with Crippen molar-refractivity contribution in [2.45, 2.75) is 45.3 Å². The van der Waals surface area contributed by atoms with Crippen LogP contribution in [0.2, 0.25) is 0 Å². The van der Waals surface area contributed by atoms with Crippen LogP contribution in [0.4, 0.5) is 4.79 Å². The fourth-order valence-electron chi connectivity index (χ4n) is 3.63. The fourth-order valence-corrected chi connectivity index (χ4v) is 3.63. The van der Waals surface area contributed by atoms with Crippen molar-refractivity contribution in [1.29, 1.82) is 0 Å². The molecule has 1 aromatic heterocycles. The molecule has 1 aromatic carbocycles. The molecule has 0 saturated carbocycles. The van der Waals surface area contributed by atoms with Gasteiger partial charge in [-0.25, -0.2) is 4.79 Å². The Morgan fingerprint density at radius 2 is 1.89 bits per heavy atom. The molecule has 2 aromatic rings. The minimum Gasteiger partial charge on any atom is -0.493 e. The first-order chi connectivity index (χ1) is 13.5. The molecule has 7 nitrogen and oxygen atoms in total. The molecule has 1 aliphatic rings. The number of methoxy groups -OCH3 is 2. The van der Waals surface area contributed by atoms with E-state index in [1.54, 1.807) is 14.2 Å². The van der Waals surface area contributed by atoms with Gasteiger partial charge in [0, 0.05) is 49.4 Å². The number of hydrogen-bond donors (Lipinski definition) is 2. The second-order valence-corrected chi connectivity index (χ2v) is 7.52. The molecule has 1 saturated heterocycles. The molecule has 2 amide bonds. The van der Waals surface area contributed by atoms with Crippen molar-refractivity contribution in [2.75, 3.05) is 27.3 Å². The highest BCUT2D eigenvalue weighted by Crippen LogP contribution is 2.33.